The first kappa shape index (κ1) is 12.1. The summed E-state index contributed by atoms with van der Waals surface area (Å²) in [4.78, 5) is 0. The van der Waals surface area contributed by atoms with Crippen LogP contribution in [0.5, 0.6) is 0 Å². The van der Waals surface area contributed by atoms with Crippen LogP contribution >= 0.6 is 0 Å². The van der Waals surface area contributed by atoms with E-state index in [1.807, 2.05) is 7.05 Å². The highest BCUT2D eigenvalue weighted by atomic mass is 19.1. The molecule has 2 fully saturated rings. The van der Waals surface area contributed by atoms with Crippen LogP contribution in [0.4, 0.5) is 8.78 Å². The number of likely N-dealkylation sites (N-methyl/N-ethyl adjacent to an activating group) is 1. The van der Waals surface area contributed by atoms with E-state index in [-0.39, 0.29) is 0 Å². The number of fused-ring (bicyclic) bond motifs is 1. The molecule has 0 heterocycles. The van der Waals surface area contributed by atoms with E-state index < -0.39 is 11.6 Å². The fraction of sp³-hybridized carbons (Fsp3) is 0.600. The first-order valence-corrected chi connectivity index (χ1v) is 6.81. The Bertz CT molecular complexity index is 416. The van der Waals surface area contributed by atoms with Gasteiger partial charge in [0.1, 0.15) is 11.6 Å². The maximum Gasteiger partial charge on any atom is 0.126 e. The minimum absolute atomic E-state index is 0.362. The van der Waals surface area contributed by atoms with Crippen molar-refractivity contribution in [3.63, 3.8) is 0 Å². The standard InChI is InChI=1S/C15H19F2N/c1-18-14(15-12-3-2-4-13(12)15)7-9-5-10(16)8-11(17)6-9/h5-6,8,12-15,18H,2-4,7H2,1H3. The van der Waals surface area contributed by atoms with Gasteiger partial charge in [-0.2, -0.15) is 0 Å². The van der Waals surface area contributed by atoms with Crippen LogP contribution in [0, 0.1) is 29.4 Å². The molecule has 2 aliphatic carbocycles. The fourth-order valence-corrected chi connectivity index (χ4v) is 3.89. The Hall–Kier alpha value is -0.960. The van der Waals surface area contributed by atoms with Gasteiger partial charge >= 0.3 is 0 Å². The summed E-state index contributed by atoms with van der Waals surface area (Å²) in [7, 11) is 1.95. The van der Waals surface area contributed by atoms with E-state index in [1.54, 1.807) is 0 Å². The van der Waals surface area contributed by atoms with Crippen molar-refractivity contribution in [1.29, 1.82) is 0 Å². The van der Waals surface area contributed by atoms with Gasteiger partial charge in [0.05, 0.1) is 0 Å². The zero-order chi connectivity index (χ0) is 12.7. The second-order valence-corrected chi connectivity index (χ2v) is 5.71. The highest BCUT2D eigenvalue weighted by Crippen LogP contribution is 2.59. The Kier molecular flexibility index (Phi) is 3.10. The molecule has 1 aromatic carbocycles. The van der Waals surface area contributed by atoms with Gasteiger partial charge in [0.25, 0.3) is 0 Å². The normalized spacial score (nSPS) is 31.2. The Morgan fingerprint density at radius 2 is 1.78 bits per heavy atom. The van der Waals surface area contributed by atoms with E-state index >= 15 is 0 Å². The van der Waals surface area contributed by atoms with Crippen LogP contribution in [0.3, 0.4) is 0 Å². The van der Waals surface area contributed by atoms with Gasteiger partial charge in [0.15, 0.2) is 0 Å². The molecule has 0 radical (unpaired) electrons. The molecule has 98 valence electrons. The third-order valence-corrected chi connectivity index (χ3v) is 4.69. The molecule has 2 saturated carbocycles. The molecule has 0 aliphatic heterocycles. The van der Waals surface area contributed by atoms with Gasteiger partial charge in [-0.3, -0.25) is 0 Å². The van der Waals surface area contributed by atoms with Gasteiger partial charge in [-0.25, -0.2) is 8.78 Å². The SMILES string of the molecule is CNC(Cc1cc(F)cc(F)c1)C1C2CCCC21. The van der Waals surface area contributed by atoms with Crippen LogP contribution in [-0.4, -0.2) is 13.1 Å². The summed E-state index contributed by atoms with van der Waals surface area (Å²) in [6.45, 7) is 0. The van der Waals surface area contributed by atoms with Gasteiger partial charge in [-0.05, 0) is 61.8 Å². The first-order valence-electron chi connectivity index (χ1n) is 6.81. The Balaban J connectivity index is 1.70. The van der Waals surface area contributed by atoms with Crippen molar-refractivity contribution in [2.75, 3.05) is 7.05 Å². The molecule has 3 heteroatoms. The molecular formula is C15H19F2N. The van der Waals surface area contributed by atoms with E-state index in [4.69, 9.17) is 0 Å². The summed E-state index contributed by atoms with van der Waals surface area (Å²) in [6.07, 6.45) is 4.76. The molecule has 0 aromatic heterocycles. The lowest BCUT2D eigenvalue weighted by Gasteiger charge is -2.18. The molecule has 0 amide bonds. The second-order valence-electron chi connectivity index (χ2n) is 5.71. The number of halogens is 2. The van der Waals surface area contributed by atoms with Crippen LogP contribution in [0.2, 0.25) is 0 Å². The van der Waals surface area contributed by atoms with Crippen molar-refractivity contribution >= 4 is 0 Å². The maximum atomic E-state index is 13.2. The lowest BCUT2D eigenvalue weighted by Crippen LogP contribution is -2.31. The average Bonchev–Trinajstić information content (AvgIpc) is 2.79. The third kappa shape index (κ3) is 2.16. The zero-order valence-electron chi connectivity index (χ0n) is 10.6. The van der Waals surface area contributed by atoms with E-state index in [9.17, 15) is 8.78 Å². The molecule has 18 heavy (non-hydrogen) atoms. The summed E-state index contributed by atoms with van der Waals surface area (Å²) >= 11 is 0. The van der Waals surface area contributed by atoms with Crippen molar-refractivity contribution in [1.82, 2.24) is 5.32 Å². The van der Waals surface area contributed by atoms with E-state index in [2.05, 4.69) is 5.32 Å². The molecule has 1 nitrogen and oxygen atoms in total. The second kappa shape index (κ2) is 4.61. The fourth-order valence-electron chi connectivity index (χ4n) is 3.89. The molecule has 3 atom stereocenters. The smallest absolute Gasteiger partial charge is 0.126 e. The van der Waals surface area contributed by atoms with E-state index in [0.29, 0.717) is 6.04 Å². The van der Waals surface area contributed by atoms with Crippen LogP contribution in [-0.2, 0) is 6.42 Å². The zero-order valence-corrected chi connectivity index (χ0v) is 10.6. The molecule has 2 aliphatic rings. The minimum Gasteiger partial charge on any atom is -0.316 e. The first-order chi connectivity index (χ1) is 8.69. The molecule has 0 bridgehead atoms. The third-order valence-electron chi connectivity index (χ3n) is 4.69. The van der Waals surface area contributed by atoms with Crippen molar-refractivity contribution in [2.24, 2.45) is 17.8 Å². The highest BCUT2D eigenvalue weighted by Gasteiger charge is 2.55. The van der Waals surface area contributed by atoms with Crippen LogP contribution in [0.1, 0.15) is 24.8 Å². The van der Waals surface area contributed by atoms with Gasteiger partial charge in [-0.1, -0.05) is 6.42 Å². The monoisotopic (exact) mass is 251 g/mol. The number of rotatable bonds is 4. The number of nitrogens with one attached hydrogen (secondary N) is 1. The quantitative estimate of drug-likeness (QED) is 0.867. The minimum atomic E-state index is -0.476. The van der Waals surface area contributed by atoms with Gasteiger partial charge < -0.3 is 5.32 Å². The van der Waals surface area contributed by atoms with Gasteiger partial charge in [0, 0.05) is 12.1 Å². The van der Waals surface area contributed by atoms with Gasteiger partial charge in [-0.15, -0.1) is 0 Å². The lowest BCUT2D eigenvalue weighted by molar-refractivity contribution is 0.427. The van der Waals surface area contributed by atoms with Crippen molar-refractivity contribution in [3.8, 4) is 0 Å². The highest BCUT2D eigenvalue weighted by molar-refractivity contribution is 5.20. The molecule has 3 rings (SSSR count). The Morgan fingerprint density at radius 3 is 2.33 bits per heavy atom. The molecule has 1 aromatic rings. The summed E-state index contributed by atoms with van der Waals surface area (Å²) in [5.74, 6) is 1.49. The molecular weight excluding hydrogens is 232 g/mol. The molecule has 0 spiro atoms. The van der Waals surface area contributed by atoms with E-state index in [0.717, 1.165) is 35.8 Å². The van der Waals surface area contributed by atoms with Crippen molar-refractivity contribution in [3.05, 3.63) is 35.4 Å². The van der Waals surface area contributed by atoms with Crippen LogP contribution < -0.4 is 5.32 Å². The van der Waals surface area contributed by atoms with Gasteiger partial charge in [0.2, 0.25) is 0 Å². The number of benzene rings is 1. The Morgan fingerprint density at radius 1 is 1.17 bits per heavy atom. The van der Waals surface area contributed by atoms with Crippen molar-refractivity contribution < 1.29 is 8.78 Å². The number of hydrogen-bond acceptors (Lipinski definition) is 1. The average molecular weight is 251 g/mol. The largest absolute Gasteiger partial charge is 0.316 e. The molecule has 0 saturated heterocycles. The summed E-state index contributed by atoms with van der Waals surface area (Å²) in [6, 6.07) is 4.20. The summed E-state index contributed by atoms with van der Waals surface area (Å²) in [5, 5.41) is 3.34. The predicted octanol–water partition coefficient (Wildman–Crippen LogP) is 3.14. The lowest BCUT2D eigenvalue weighted by atomic mass is 9.97. The summed E-state index contributed by atoms with van der Waals surface area (Å²) < 4.78 is 26.3. The summed E-state index contributed by atoms with van der Waals surface area (Å²) in [5.41, 5.74) is 0.761. The molecule has 1 N–H and O–H groups in total. The topological polar surface area (TPSA) is 12.0 Å². The predicted molar refractivity (Wildman–Crippen MR) is 67.2 cm³/mol. The number of hydrogen-bond donors (Lipinski definition) is 1. The van der Waals surface area contributed by atoms with Crippen LogP contribution in [0.25, 0.3) is 0 Å². The maximum absolute atomic E-state index is 13.2. The Labute approximate surface area is 107 Å². The molecule has 3 unspecified atom stereocenters. The van der Waals surface area contributed by atoms with E-state index in [1.165, 1.54) is 31.4 Å². The van der Waals surface area contributed by atoms with Crippen molar-refractivity contribution in [2.45, 2.75) is 31.7 Å². The van der Waals surface area contributed by atoms with Crippen LogP contribution in [0.15, 0.2) is 18.2 Å².